The molecule has 0 aromatic heterocycles. The fourth-order valence-corrected chi connectivity index (χ4v) is 6.98. The van der Waals surface area contributed by atoms with Gasteiger partial charge in [-0.25, -0.2) is 0 Å². The summed E-state index contributed by atoms with van der Waals surface area (Å²) < 4.78 is 11.6. The van der Waals surface area contributed by atoms with Crippen molar-refractivity contribution in [2.75, 3.05) is 31.7 Å². The largest absolute Gasteiger partial charge is 0.497 e. The Morgan fingerprint density at radius 2 is 1.97 bits per heavy atom. The summed E-state index contributed by atoms with van der Waals surface area (Å²) in [4.78, 5) is 43.1. The van der Waals surface area contributed by atoms with Gasteiger partial charge < -0.3 is 29.5 Å². The number of hydrogen-bond acceptors (Lipinski definition) is 6. The number of aliphatic hydroxyl groups is 1. The lowest BCUT2D eigenvalue weighted by atomic mass is 9.70. The molecule has 6 atom stereocenters. The Morgan fingerprint density at radius 1 is 1.28 bits per heavy atom. The number of likely N-dealkylation sites (tertiary alicyclic amines) is 1. The van der Waals surface area contributed by atoms with Crippen LogP contribution in [0.15, 0.2) is 36.9 Å². The molecule has 1 aromatic carbocycles. The average molecular weight is 565 g/mol. The van der Waals surface area contributed by atoms with Crippen LogP contribution < -0.4 is 9.64 Å². The van der Waals surface area contributed by atoms with Gasteiger partial charge in [-0.15, -0.1) is 6.58 Å². The molecule has 0 radical (unpaired) electrons. The summed E-state index contributed by atoms with van der Waals surface area (Å²) in [5.74, 6) is -3.02. The maximum Gasteiger partial charge on any atom is 0.310 e. The molecule has 3 aliphatic heterocycles. The van der Waals surface area contributed by atoms with Gasteiger partial charge in [0.2, 0.25) is 5.91 Å². The highest BCUT2D eigenvalue weighted by molar-refractivity contribution is 9.09. The second-order valence-electron chi connectivity index (χ2n) is 9.61. The lowest BCUT2D eigenvalue weighted by Gasteiger charge is -2.37. The maximum atomic E-state index is 14.3. The van der Waals surface area contributed by atoms with Crippen LogP contribution in [0.25, 0.3) is 0 Å². The first kappa shape index (κ1) is 26.6. The average Bonchev–Trinajstić information content (AvgIpc) is 3.45. The van der Waals surface area contributed by atoms with E-state index in [1.165, 1.54) is 0 Å². The van der Waals surface area contributed by atoms with Gasteiger partial charge in [0.1, 0.15) is 17.4 Å². The Morgan fingerprint density at radius 3 is 2.58 bits per heavy atom. The second-order valence-corrected chi connectivity index (χ2v) is 10.8. The Balaban J connectivity index is 1.71. The molecule has 1 spiro atoms. The third-order valence-electron chi connectivity index (χ3n) is 7.58. The summed E-state index contributed by atoms with van der Waals surface area (Å²) >= 11 is 3.56. The molecule has 0 aliphatic carbocycles. The van der Waals surface area contributed by atoms with E-state index in [4.69, 9.17) is 14.6 Å². The number of hydrogen-bond donors (Lipinski definition) is 2. The number of aliphatic carboxylic acids is 1. The normalized spacial score (nSPS) is 30.4. The number of rotatable bonds is 12. The highest BCUT2D eigenvalue weighted by Gasteiger charge is 2.76. The number of benzene rings is 1. The van der Waals surface area contributed by atoms with Crippen LogP contribution in [0.3, 0.4) is 0 Å². The zero-order chi connectivity index (χ0) is 26.0. The van der Waals surface area contributed by atoms with E-state index in [0.29, 0.717) is 37.2 Å². The van der Waals surface area contributed by atoms with E-state index in [1.54, 1.807) is 47.3 Å². The lowest BCUT2D eigenvalue weighted by molar-refractivity contribution is -0.149. The number of carbonyl (C=O) groups excluding carboxylic acids is 2. The van der Waals surface area contributed by atoms with Gasteiger partial charge in [-0.1, -0.05) is 34.8 Å². The number of alkyl halides is 1. The molecule has 2 bridgehead atoms. The van der Waals surface area contributed by atoms with Crippen LogP contribution in [0.4, 0.5) is 5.69 Å². The molecular weight excluding hydrogens is 532 g/mol. The molecule has 1 aromatic rings. The van der Waals surface area contributed by atoms with Gasteiger partial charge in [0.05, 0.1) is 25.0 Å². The highest BCUT2D eigenvalue weighted by atomic mass is 79.9. The smallest absolute Gasteiger partial charge is 0.310 e. The van der Waals surface area contributed by atoms with Crippen molar-refractivity contribution in [3.05, 3.63) is 36.9 Å². The topological polar surface area (TPSA) is 117 Å². The van der Waals surface area contributed by atoms with Crippen LogP contribution in [-0.4, -0.2) is 82.3 Å². The van der Waals surface area contributed by atoms with Crippen LogP contribution in [0.5, 0.6) is 5.75 Å². The van der Waals surface area contributed by atoms with Crippen LogP contribution in [0, 0.1) is 11.8 Å². The van der Waals surface area contributed by atoms with Gasteiger partial charge >= 0.3 is 5.97 Å². The van der Waals surface area contributed by atoms with E-state index in [-0.39, 0.29) is 29.8 Å². The molecule has 2 amide bonds. The first-order valence-corrected chi connectivity index (χ1v) is 13.2. The van der Waals surface area contributed by atoms with E-state index in [1.807, 2.05) is 0 Å². The number of carboxylic acids is 1. The fraction of sp³-hybridized carbons (Fsp3) is 0.577. The van der Waals surface area contributed by atoms with E-state index in [2.05, 4.69) is 22.5 Å². The predicted octanol–water partition coefficient (Wildman–Crippen LogP) is 2.60. The summed E-state index contributed by atoms with van der Waals surface area (Å²) in [6.45, 7) is 4.44. The Bertz CT molecular complexity index is 1000. The molecule has 3 fully saturated rings. The number of nitrogens with zero attached hydrogens (tertiary/aromatic N) is 2. The van der Waals surface area contributed by atoms with Crippen molar-refractivity contribution >= 4 is 39.4 Å². The SMILES string of the molecule is C=CCN(C(=O)C1N(CCCCCCO)C(=O)[C@@H]2[C@H](C(=O)O)[C@H]3OC12CC3Br)c1ccc(OC)cc1. The van der Waals surface area contributed by atoms with Gasteiger partial charge in [-0.3, -0.25) is 14.4 Å². The second kappa shape index (κ2) is 10.9. The van der Waals surface area contributed by atoms with Gasteiger partial charge in [-0.2, -0.15) is 0 Å². The Hall–Kier alpha value is -2.43. The van der Waals surface area contributed by atoms with Gasteiger partial charge in [0, 0.05) is 30.2 Å². The first-order valence-electron chi connectivity index (χ1n) is 12.3. The number of carbonyl (C=O) groups is 3. The number of ether oxygens (including phenoxy) is 2. The van der Waals surface area contributed by atoms with Crippen molar-refractivity contribution in [2.45, 2.75) is 54.7 Å². The Labute approximate surface area is 219 Å². The molecule has 9 nitrogen and oxygen atoms in total. The summed E-state index contributed by atoms with van der Waals surface area (Å²) in [5.41, 5.74) is -0.596. The number of anilines is 1. The molecule has 36 heavy (non-hydrogen) atoms. The number of unbranched alkanes of at least 4 members (excludes halogenated alkanes) is 3. The molecule has 3 aliphatic rings. The monoisotopic (exact) mass is 564 g/mol. The van der Waals surface area contributed by atoms with Gasteiger partial charge in [0.25, 0.3) is 5.91 Å². The van der Waals surface area contributed by atoms with E-state index in [0.717, 1.165) is 12.8 Å². The number of amides is 2. The molecule has 3 unspecified atom stereocenters. The number of carboxylic acid groups (broad SMARTS) is 1. The minimum Gasteiger partial charge on any atom is -0.497 e. The molecule has 196 valence electrons. The summed E-state index contributed by atoms with van der Waals surface area (Å²) in [5, 5.41) is 19.1. The molecular formula is C26H33BrN2O7. The quantitative estimate of drug-likeness (QED) is 0.227. The molecule has 0 saturated carbocycles. The van der Waals surface area contributed by atoms with Crippen molar-refractivity contribution in [3.8, 4) is 5.75 Å². The standard InChI is InChI=1S/C26H33BrN2O7/c1-3-12-28(16-8-10-17(35-2)11-9-16)24(32)22-26-15-18(27)21(36-26)19(25(33)34)20(26)23(31)29(22)13-6-4-5-7-14-30/h3,8-11,18-22,30H,1,4-7,12-15H2,2H3,(H,33,34)/t18?,19-,20-,21-,22?,26?/m0/s1. The first-order chi connectivity index (χ1) is 17.3. The number of aliphatic hydroxyl groups excluding tert-OH is 1. The summed E-state index contributed by atoms with van der Waals surface area (Å²) in [6.07, 6.45) is 4.22. The highest BCUT2D eigenvalue weighted by Crippen LogP contribution is 2.60. The van der Waals surface area contributed by atoms with Gasteiger partial charge in [-0.05, 0) is 43.5 Å². The number of fused-ring (bicyclic) bond motifs is 1. The van der Waals surface area contributed by atoms with Crippen molar-refractivity contribution < 1.29 is 34.1 Å². The lowest BCUT2D eigenvalue weighted by Crippen LogP contribution is -2.57. The molecule has 3 saturated heterocycles. The fourth-order valence-electron chi connectivity index (χ4n) is 6.04. The number of methoxy groups -OCH3 is 1. The minimum absolute atomic E-state index is 0.107. The minimum atomic E-state index is -1.22. The van der Waals surface area contributed by atoms with Crippen LogP contribution in [0.2, 0.25) is 0 Å². The van der Waals surface area contributed by atoms with E-state index < -0.39 is 35.6 Å². The van der Waals surface area contributed by atoms with Crippen molar-refractivity contribution in [1.82, 2.24) is 4.90 Å². The zero-order valence-electron chi connectivity index (χ0n) is 20.3. The molecule has 2 N–H and O–H groups in total. The van der Waals surface area contributed by atoms with E-state index in [9.17, 15) is 19.5 Å². The van der Waals surface area contributed by atoms with Crippen molar-refractivity contribution in [2.24, 2.45) is 11.8 Å². The van der Waals surface area contributed by atoms with Crippen molar-refractivity contribution in [1.29, 1.82) is 0 Å². The van der Waals surface area contributed by atoms with Crippen LogP contribution >= 0.6 is 15.9 Å². The molecule has 4 rings (SSSR count). The predicted molar refractivity (Wildman–Crippen MR) is 136 cm³/mol. The Kier molecular flexibility index (Phi) is 8.06. The summed E-state index contributed by atoms with van der Waals surface area (Å²) in [6, 6.07) is 6.09. The third kappa shape index (κ3) is 4.43. The molecule has 3 heterocycles. The number of halogens is 1. The zero-order valence-corrected chi connectivity index (χ0v) is 21.9. The van der Waals surface area contributed by atoms with Gasteiger partial charge in [0.15, 0.2) is 0 Å². The molecule has 10 heteroatoms. The van der Waals surface area contributed by atoms with Crippen LogP contribution in [0.1, 0.15) is 32.1 Å². The van der Waals surface area contributed by atoms with Crippen molar-refractivity contribution in [3.63, 3.8) is 0 Å². The van der Waals surface area contributed by atoms with E-state index >= 15 is 0 Å². The maximum absolute atomic E-state index is 14.3. The summed E-state index contributed by atoms with van der Waals surface area (Å²) in [7, 11) is 1.56. The third-order valence-corrected chi connectivity index (χ3v) is 8.42. The van der Waals surface area contributed by atoms with Crippen LogP contribution in [-0.2, 0) is 19.1 Å².